The first-order valence-corrected chi connectivity index (χ1v) is 12.7. The van der Waals surface area contributed by atoms with Crippen LogP contribution in [0.15, 0.2) is 29.2 Å². The molecule has 0 spiro atoms. The quantitative estimate of drug-likeness (QED) is 0.656. The average molecular weight is 450 g/mol. The van der Waals surface area contributed by atoms with Crippen LogP contribution in [0, 0.1) is 0 Å². The summed E-state index contributed by atoms with van der Waals surface area (Å²) in [6.45, 7) is 2.09. The highest BCUT2D eigenvalue weighted by Gasteiger charge is 2.26. The number of hydrogen-bond donors (Lipinski definition) is 1. The van der Waals surface area contributed by atoms with Crippen molar-refractivity contribution in [2.45, 2.75) is 43.4 Å². The number of morpholine rings is 1. The van der Waals surface area contributed by atoms with E-state index in [-0.39, 0.29) is 10.8 Å². The molecule has 2 heterocycles. The van der Waals surface area contributed by atoms with Gasteiger partial charge in [-0.25, -0.2) is 13.4 Å². The number of hydrogen-bond acceptors (Lipinski definition) is 6. The lowest BCUT2D eigenvalue weighted by Crippen LogP contribution is -2.40. The van der Waals surface area contributed by atoms with Crippen molar-refractivity contribution in [3.63, 3.8) is 0 Å². The van der Waals surface area contributed by atoms with Gasteiger partial charge in [-0.2, -0.15) is 4.31 Å². The van der Waals surface area contributed by atoms with Crippen LogP contribution < -0.4 is 5.32 Å². The van der Waals surface area contributed by atoms with Crippen molar-refractivity contribution < 1.29 is 17.9 Å². The molecule has 2 aromatic rings. The van der Waals surface area contributed by atoms with Crippen LogP contribution in [0.25, 0.3) is 0 Å². The Labute approximate surface area is 181 Å². The van der Waals surface area contributed by atoms with E-state index < -0.39 is 10.0 Å². The molecule has 1 N–H and O–H groups in total. The standard InChI is InChI=1S/C21H27N3O4S2/c25-21(22-11-3-6-20-23-18-4-1-2-5-19(18)29-20)16-7-9-17(10-8-16)30(26,27)24-12-14-28-15-13-24/h7-10H,1-6,11-15H2,(H,22,25). The van der Waals surface area contributed by atoms with E-state index in [1.165, 1.54) is 39.9 Å². The van der Waals surface area contributed by atoms with Crippen molar-refractivity contribution in [2.75, 3.05) is 32.8 Å². The second-order valence-corrected chi connectivity index (χ2v) is 10.7. The minimum Gasteiger partial charge on any atom is -0.379 e. The van der Waals surface area contributed by atoms with Crippen molar-refractivity contribution in [1.29, 1.82) is 0 Å². The van der Waals surface area contributed by atoms with Gasteiger partial charge >= 0.3 is 0 Å². The number of carbonyl (C=O) groups is 1. The van der Waals surface area contributed by atoms with E-state index in [0.717, 1.165) is 30.7 Å². The first-order valence-electron chi connectivity index (χ1n) is 10.5. The summed E-state index contributed by atoms with van der Waals surface area (Å²) in [4.78, 5) is 18.8. The number of sulfonamides is 1. The number of aryl methyl sites for hydroxylation is 3. The van der Waals surface area contributed by atoms with Gasteiger partial charge in [0.2, 0.25) is 10.0 Å². The molecule has 162 valence electrons. The molecule has 0 radical (unpaired) electrons. The number of nitrogens with one attached hydrogen (secondary N) is 1. The first-order chi connectivity index (χ1) is 14.5. The van der Waals surface area contributed by atoms with Crippen molar-refractivity contribution >= 4 is 27.3 Å². The Bertz CT molecular complexity index is 957. The molecule has 9 heteroatoms. The van der Waals surface area contributed by atoms with Crippen molar-refractivity contribution in [3.8, 4) is 0 Å². The zero-order chi connectivity index (χ0) is 21.0. The molecular weight excluding hydrogens is 422 g/mol. The molecule has 1 aliphatic heterocycles. The largest absolute Gasteiger partial charge is 0.379 e. The van der Waals surface area contributed by atoms with Gasteiger partial charge in [0.1, 0.15) is 0 Å². The average Bonchev–Trinajstić information content (AvgIpc) is 3.20. The number of ether oxygens (including phenoxy) is 1. The maximum absolute atomic E-state index is 12.7. The Morgan fingerprint density at radius 3 is 2.60 bits per heavy atom. The summed E-state index contributed by atoms with van der Waals surface area (Å²) in [5.74, 6) is -0.191. The Morgan fingerprint density at radius 2 is 1.87 bits per heavy atom. The van der Waals surface area contributed by atoms with Crippen LogP contribution in [-0.2, 0) is 34.0 Å². The zero-order valence-electron chi connectivity index (χ0n) is 16.9. The Kier molecular flexibility index (Phi) is 6.82. The number of fused-ring (bicyclic) bond motifs is 1. The second kappa shape index (κ2) is 9.55. The molecule has 4 rings (SSSR count). The molecule has 1 aliphatic carbocycles. The minimum absolute atomic E-state index is 0.191. The molecule has 1 fully saturated rings. The molecule has 0 unspecified atom stereocenters. The summed E-state index contributed by atoms with van der Waals surface area (Å²) in [5.41, 5.74) is 1.73. The van der Waals surface area contributed by atoms with Crippen molar-refractivity contribution in [1.82, 2.24) is 14.6 Å². The fraction of sp³-hybridized carbons (Fsp3) is 0.524. The molecule has 0 atom stereocenters. The van der Waals surface area contributed by atoms with Gasteiger partial charge in [-0.3, -0.25) is 4.79 Å². The van der Waals surface area contributed by atoms with Crippen molar-refractivity contribution in [3.05, 3.63) is 45.4 Å². The number of aromatic nitrogens is 1. The molecule has 0 bridgehead atoms. The maximum Gasteiger partial charge on any atom is 0.251 e. The lowest BCUT2D eigenvalue weighted by molar-refractivity contribution is 0.0730. The highest BCUT2D eigenvalue weighted by Crippen LogP contribution is 2.27. The number of carbonyl (C=O) groups excluding carboxylic acids is 1. The van der Waals surface area contributed by atoms with Crippen LogP contribution in [0.4, 0.5) is 0 Å². The monoisotopic (exact) mass is 449 g/mol. The van der Waals surface area contributed by atoms with Gasteiger partial charge in [0.25, 0.3) is 5.91 Å². The maximum atomic E-state index is 12.7. The van der Waals surface area contributed by atoms with Gasteiger partial charge in [0.05, 0.1) is 28.8 Å². The summed E-state index contributed by atoms with van der Waals surface area (Å²) in [7, 11) is -3.54. The van der Waals surface area contributed by atoms with E-state index in [1.807, 2.05) is 11.3 Å². The number of nitrogens with zero attached hydrogens (tertiary/aromatic N) is 2. The molecule has 0 saturated carbocycles. The summed E-state index contributed by atoms with van der Waals surface area (Å²) in [6, 6.07) is 6.13. The molecule has 7 nitrogen and oxygen atoms in total. The van der Waals surface area contributed by atoms with Gasteiger partial charge in [0.15, 0.2) is 0 Å². The van der Waals surface area contributed by atoms with Crippen LogP contribution in [-0.4, -0.2) is 56.5 Å². The fourth-order valence-corrected chi connectivity index (χ4v) is 6.38. The van der Waals surface area contributed by atoms with Gasteiger partial charge in [-0.05, 0) is 56.4 Å². The number of thiazole rings is 1. The first kappa shape index (κ1) is 21.4. The van der Waals surface area contributed by atoms with Gasteiger partial charge in [-0.15, -0.1) is 11.3 Å². The van der Waals surface area contributed by atoms with E-state index in [2.05, 4.69) is 5.32 Å². The number of rotatable bonds is 7. The van der Waals surface area contributed by atoms with Crippen LogP contribution in [0.5, 0.6) is 0 Å². The summed E-state index contributed by atoms with van der Waals surface area (Å²) < 4.78 is 31.9. The topological polar surface area (TPSA) is 88.6 Å². The van der Waals surface area contributed by atoms with E-state index in [1.54, 1.807) is 12.1 Å². The third-order valence-electron chi connectivity index (χ3n) is 5.47. The predicted octanol–water partition coefficient (Wildman–Crippen LogP) is 2.41. The lowest BCUT2D eigenvalue weighted by Gasteiger charge is -2.26. The van der Waals surface area contributed by atoms with Crippen LogP contribution in [0.1, 0.15) is 45.2 Å². The minimum atomic E-state index is -3.54. The molecule has 1 amide bonds. The molecule has 1 aromatic heterocycles. The second-order valence-electron chi connectivity index (χ2n) is 7.58. The van der Waals surface area contributed by atoms with Gasteiger partial charge in [-0.1, -0.05) is 0 Å². The van der Waals surface area contributed by atoms with E-state index in [0.29, 0.717) is 38.4 Å². The Hall–Kier alpha value is -1.81. The Balaban J connectivity index is 1.27. The Morgan fingerprint density at radius 1 is 1.13 bits per heavy atom. The van der Waals surface area contributed by atoms with E-state index in [9.17, 15) is 13.2 Å². The van der Waals surface area contributed by atoms with Gasteiger partial charge in [0, 0.05) is 36.5 Å². The molecular formula is C21H27N3O4S2. The lowest BCUT2D eigenvalue weighted by atomic mass is 10.0. The van der Waals surface area contributed by atoms with Crippen LogP contribution in [0.2, 0.25) is 0 Å². The molecule has 30 heavy (non-hydrogen) atoms. The van der Waals surface area contributed by atoms with Gasteiger partial charge < -0.3 is 10.1 Å². The van der Waals surface area contributed by atoms with Crippen LogP contribution in [0.3, 0.4) is 0 Å². The highest BCUT2D eigenvalue weighted by molar-refractivity contribution is 7.89. The summed E-state index contributed by atoms with van der Waals surface area (Å²) in [5, 5.41) is 4.07. The van der Waals surface area contributed by atoms with Crippen LogP contribution >= 0.6 is 11.3 Å². The highest BCUT2D eigenvalue weighted by atomic mass is 32.2. The third-order valence-corrected chi connectivity index (χ3v) is 8.60. The summed E-state index contributed by atoms with van der Waals surface area (Å²) in [6.07, 6.45) is 6.45. The predicted molar refractivity (Wildman–Crippen MR) is 115 cm³/mol. The summed E-state index contributed by atoms with van der Waals surface area (Å²) >= 11 is 1.81. The number of benzene rings is 1. The van der Waals surface area contributed by atoms with E-state index in [4.69, 9.17) is 9.72 Å². The van der Waals surface area contributed by atoms with Crippen molar-refractivity contribution in [2.24, 2.45) is 0 Å². The number of amides is 1. The molecule has 1 aromatic carbocycles. The smallest absolute Gasteiger partial charge is 0.251 e. The SMILES string of the molecule is O=C(NCCCc1nc2c(s1)CCCC2)c1ccc(S(=O)(=O)N2CCOCC2)cc1. The molecule has 2 aliphatic rings. The molecule has 1 saturated heterocycles. The fourth-order valence-electron chi connectivity index (χ4n) is 3.77. The zero-order valence-corrected chi connectivity index (χ0v) is 18.6. The van der Waals surface area contributed by atoms with E-state index >= 15 is 0 Å². The normalized spacial score (nSPS) is 17.5. The third kappa shape index (κ3) is 4.91.